The van der Waals surface area contributed by atoms with E-state index in [9.17, 15) is 5.11 Å². The number of allylic oxidation sites excluding steroid dienone is 2. The molecule has 3 atom stereocenters. The first-order chi connectivity index (χ1) is 21.9. The SMILES string of the molecule is COc1ccc(COCC[C@@H]2OC(C)(C)O[C@@H]2[C@@H](O)/C=C/C/C(C)=C\CO[Si](c2ccccc2)(c2ccccc2)C(C)(C)C)cc1. The molecule has 0 amide bonds. The first kappa shape index (κ1) is 35.8. The number of aliphatic hydroxyl groups excluding tert-OH is 1. The smallest absolute Gasteiger partial charge is 0.261 e. The molecule has 0 aromatic heterocycles. The summed E-state index contributed by atoms with van der Waals surface area (Å²) in [6.45, 7) is 14.2. The molecule has 1 saturated heterocycles. The highest BCUT2D eigenvalue weighted by Crippen LogP contribution is 2.37. The van der Waals surface area contributed by atoms with Crippen LogP contribution in [-0.2, 0) is 25.2 Å². The summed E-state index contributed by atoms with van der Waals surface area (Å²) in [6.07, 6.45) is 5.76. The molecule has 46 heavy (non-hydrogen) atoms. The maximum absolute atomic E-state index is 11.1. The summed E-state index contributed by atoms with van der Waals surface area (Å²) >= 11 is 0. The van der Waals surface area contributed by atoms with Gasteiger partial charge in [0.2, 0.25) is 0 Å². The van der Waals surface area contributed by atoms with E-state index in [4.69, 9.17) is 23.4 Å². The van der Waals surface area contributed by atoms with Gasteiger partial charge in [-0.15, -0.1) is 0 Å². The zero-order valence-corrected chi connectivity index (χ0v) is 29.6. The minimum absolute atomic E-state index is 0.0736. The Morgan fingerprint density at radius 1 is 0.935 bits per heavy atom. The standard InChI is InChI=1S/C39H52O6Si/c1-30(25-28-43-46(38(2,3)4,33-16-10-8-11-17-33)34-18-12-9-13-19-34)15-14-20-35(40)37-36(44-39(5,6)45-37)26-27-42-29-31-21-23-32(41-7)24-22-31/h8-14,16-25,35-37,40H,15,26-29H2,1-7H3/b20-14+,30-25-/t35-,36-,37+/m0/s1. The quantitative estimate of drug-likeness (QED) is 0.110. The Bertz CT molecular complexity index is 1360. The molecule has 0 radical (unpaired) electrons. The Hall–Kier alpha value is -3.04. The number of hydrogen-bond acceptors (Lipinski definition) is 6. The van der Waals surface area contributed by atoms with E-state index in [0.717, 1.165) is 11.3 Å². The molecule has 1 aliphatic heterocycles. The van der Waals surface area contributed by atoms with E-state index in [2.05, 4.69) is 94.4 Å². The van der Waals surface area contributed by atoms with Crippen LogP contribution in [0.2, 0.25) is 5.04 Å². The maximum atomic E-state index is 11.1. The van der Waals surface area contributed by atoms with Gasteiger partial charge in [0.25, 0.3) is 8.32 Å². The van der Waals surface area contributed by atoms with Crippen LogP contribution in [0.4, 0.5) is 0 Å². The van der Waals surface area contributed by atoms with Gasteiger partial charge in [0, 0.05) is 6.61 Å². The summed E-state index contributed by atoms with van der Waals surface area (Å²) in [4.78, 5) is 0. The number of rotatable bonds is 15. The van der Waals surface area contributed by atoms with Crippen LogP contribution in [0.1, 0.15) is 59.9 Å². The average Bonchev–Trinajstić information content (AvgIpc) is 3.36. The molecule has 1 heterocycles. The summed E-state index contributed by atoms with van der Waals surface area (Å²) in [5.74, 6) is 0.0514. The molecule has 1 fully saturated rings. The molecule has 248 valence electrons. The van der Waals surface area contributed by atoms with Crippen molar-refractivity contribution < 1.29 is 28.5 Å². The monoisotopic (exact) mass is 644 g/mol. The first-order valence-electron chi connectivity index (χ1n) is 16.3. The minimum atomic E-state index is -2.59. The third kappa shape index (κ3) is 9.28. The van der Waals surface area contributed by atoms with Gasteiger partial charge in [-0.2, -0.15) is 0 Å². The molecule has 0 spiro atoms. The van der Waals surface area contributed by atoms with Gasteiger partial charge in [0.05, 0.1) is 26.4 Å². The highest BCUT2D eigenvalue weighted by molar-refractivity contribution is 6.99. The van der Waals surface area contributed by atoms with Crippen LogP contribution in [0, 0.1) is 0 Å². The van der Waals surface area contributed by atoms with Crippen molar-refractivity contribution >= 4 is 18.7 Å². The fourth-order valence-corrected chi connectivity index (χ4v) is 10.6. The van der Waals surface area contributed by atoms with Crippen molar-refractivity contribution in [3.63, 3.8) is 0 Å². The summed E-state index contributed by atoms with van der Waals surface area (Å²) in [6, 6.07) is 29.2. The van der Waals surface area contributed by atoms with Crippen molar-refractivity contribution in [2.24, 2.45) is 0 Å². The molecule has 0 bridgehead atoms. The first-order valence-corrected chi connectivity index (χ1v) is 18.2. The zero-order valence-electron chi connectivity index (χ0n) is 28.6. The van der Waals surface area contributed by atoms with Crippen LogP contribution in [0.25, 0.3) is 0 Å². The van der Waals surface area contributed by atoms with Crippen LogP contribution < -0.4 is 15.1 Å². The van der Waals surface area contributed by atoms with Crippen molar-refractivity contribution in [1.82, 2.24) is 0 Å². The molecule has 6 nitrogen and oxygen atoms in total. The Labute approximate surface area is 277 Å². The molecule has 0 saturated carbocycles. The Morgan fingerprint density at radius 2 is 1.54 bits per heavy atom. The van der Waals surface area contributed by atoms with E-state index in [1.165, 1.54) is 15.9 Å². The molecule has 4 rings (SSSR count). The number of ether oxygens (including phenoxy) is 4. The molecule has 0 aliphatic carbocycles. The molecule has 0 unspecified atom stereocenters. The van der Waals surface area contributed by atoms with Crippen molar-refractivity contribution in [3.05, 3.63) is 114 Å². The number of hydrogen-bond donors (Lipinski definition) is 1. The van der Waals surface area contributed by atoms with Crippen LogP contribution in [0.3, 0.4) is 0 Å². The lowest BCUT2D eigenvalue weighted by atomic mass is 10.0. The molecule has 1 aliphatic rings. The van der Waals surface area contributed by atoms with E-state index in [0.29, 0.717) is 32.7 Å². The predicted octanol–water partition coefficient (Wildman–Crippen LogP) is 6.95. The van der Waals surface area contributed by atoms with Gasteiger partial charge in [0.1, 0.15) is 18.0 Å². The maximum Gasteiger partial charge on any atom is 0.261 e. The lowest BCUT2D eigenvalue weighted by Gasteiger charge is -2.42. The van der Waals surface area contributed by atoms with Crippen LogP contribution >= 0.6 is 0 Å². The highest BCUT2D eigenvalue weighted by Gasteiger charge is 2.50. The zero-order chi connectivity index (χ0) is 33.2. The Balaban J connectivity index is 1.34. The third-order valence-electron chi connectivity index (χ3n) is 8.45. The van der Waals surface area contributed by atoms with Crippen molar-refractivity contribution in [3.8, 4) is 5.75 Å². The van der Waals surface area contributed by atoms with Gasteiger partial charge >= 0.3 is 0 Å². The van der Waals surface area contributed by atoms with Gasteiger partial charge in [-0.1, -0.05) is 117 Å². The molecule has 7 heteroatoms. The summed E-state index contributed by atoms with van der Waals surface area (Å²) < 4.78 is 30.4. The summed E-state index contributed by atoms with van der Waals surface area (Å²) in [5, 5.41) is 13.6. The van der Waals surface area contributed by atoms with E-state index in [1.54, 1.807) is 7.11 Å². The fourth-order valence-electron chi connectivity index (χ4n) is 6.14. The third-order valence-corrected chi connectivity index (χ3v) is 13.5. The lowest BCUT2D eigenvalue weighted by Crippen LogP contribution is -2.66. The van der Waals surface area contributed by atoms with E-state index in [-0.39, 0.29) is 11.1 Å². The van der Waals surface area contributed by atoms with Gasteiger partial charge < -0.3 is 28.5 Å². The summed E-state index contributed by atoms with van der Waals surface area (Å²) in [5.41, 5.74) is 2.25. The van der Waals surface area contributed by atoms with E-state index in [1.807, 2.05) is 50.3 Å². The van der Waals surface area contributed by atoms with Crippen LogP contribution in [0.15, 0.2) is 109 Å². The minimum Gasteiger partial charge on any atom is -0.497 e. The van der Waals surface area contributed by atoms with E-state index >= 15 is 0 Å². The van der Waals surface area contributed by atoms with Crippen molar-refractivity contribution in [2.45, 2.75) is 90.1 Å². The van der Waals surface area contributed by atoms with Gasteiger partial charge in [0.15, 0.2) is 5.79 Å². The van der Waals surface area contributed by atoms with Gasteiger partial charge in [-0.05, 0) is 66.7 Å². The second-order valence-electron chi connectivity index (χ2n) is 13.5. The molecular formula is C39H52O6Si. The molecule has 3 aromatic carbocycles. The Kier molecular flexibility index (Phi) is 12.6. The lowest BCUT2D eigenvalue weighted by molar-refractivity contribution is -0.153. The second kappa shape index (κ2) is 16.2. The largest absolute Gasteiger partial charge is 0.497 e. The number of methoxy groups -OCH3 is 1. The van der Waals surface area contributed by atoms with Crippen LogP contribution in [0.5, 0.6) is 5.75 Å². The molecular weight excluding hydrogens is 593 g/mol. The fraction of sp³-hybridized carbons (Fsp3) is 0.436. The Morgan fingerprint density at radius 3 is 2.11 bits per heavy atom. The second-order valence-corrected chi connectivity index (χ2v) is 17.8. The molecule has 1 N–H and O–H groups in total. The topological polar surface area (TPSA) is 66.4 Å². The average molecular weight is 645 g/mol. The van der Waals surface area contributed by atoms with E-state index < -0.39 is 26.3 Å². The number of aliphatic hydroxyl groups is 1. The normalized spacial score (nSPS) is 19.4. The van der Waals surface area contributed by atoms with Gasteiger partial charge in [-0.25, -0.2) is 0 Å². The van der Waals surface area contributed by atoms with Crippen molar-refractivity contribution in [2.75, 3.05) is 20.3 Å². The number of benzene rings is 3. The highest BCUT2D eigenvalue weighted by atomic mass is 28.4. The molecule has 3 aromatic rings. The van der Waals surface area contributed by atoms with Crippen molar-refractivity contribution in [1.29, 1.82) is 0 Å². The van der Waals surface area contributed by atoms with Crippen LogP contribution in [-0.4, -0.2) is 57.8 Å². The summed E-state index contributed by atoms with van der Waals surface area (Å²) in [7, 11) is -0.936. The van der Waals surface area contributed by atoms with Gasteiger partial charge in [-0.3, -0.25) is 0 Å². The predicted molar refractivity (Wildman–Crippen MR) is 188 cm³/mol.